The Morgan fingerprint density at radius 2 is 2.20 bits per heavy atom. The molecule has 0 spiro atoms. The second-order valence-corrected chi connectivity index (χ2v) is 7.97. The summed E-state index contributed by atoms with van der Waals surface area (Å²) < 4.78 is 1.09. The van der Waals surface area contributed by atoms with Crippen LogP contribution in [0.4, 0.5) is 5.69 Å². The van der Waals surface area contributed by atoms with Crippen LogP contribution in [0.5, 0.6) is 0 Å². The molecule has 3 rings (SSSR count). The highest BCUT2D eigenvalue weighted by Crippen LogP contribution is 2.29. The quantitative estimate of drug-likeness (QED) is 0.897. The van der Waals surface area contributed by atoms with Gasteiger partial charge in [-0.25, -0.2) is 4.98 Å². The number of carbonyl (C=O) groups is 2. The second kappa shape index (κ2) is 7.52. The van der Waals surface area contributed by atoms with E-state index in [-0.39, 0.29) is 17.7 Å². The summed E-state index contributed by atoms with van der Waals surface area (Å²) in [7, 11) is 0. The number of fused-ring (bicyclic) bond motifs is 1. The molecule has 1 fully saturated rings. The summed E-state index contributed by atoms with van der Waals surface area (Å²) in [6, 6.07) is 5.86. The number of anilines is 1. The van der Waals surface area contributed by atoms with E-state index in [1.165, 1.54) is 0 Å². The van der Waals surface area contributed by atoms with E-state index in [0.29, 0.717) is 18.9 Å². The SMILES string of the molecule is CCC(=O)N1CCCC(C(=O)Nc2ccc3nc(C(C)C)sc3c2)C1. The summed E-state index contributed by atoms with van der Waals surface area (Å²) in [5, 5.41) is 4.13. The van der Waals surface area contributed by atoms with Crippen molar-refractivity contribution in [2.75, 3.05) is 18.4 Å². The monoisotopic (exact) mass is 359 g/mol. The lowest BCUT2D eigenvalue weighted by Crippen LogP contribution is -2.43. The van der Waals surface area contributed by atoms with Crippen LogP contribution in [0.15, 0.2) is 18.2 Å². The molecule has 134 valence electrons. The van der Waals surface area contributed by atoms with E-state index in [4.69, 9.17) is 0 Å². The first-order chi connectivity index (χ1) is 12.0. The van der Waals surface area contributed by atoms with Crippen LogP contribution in [-0.4, -0.2) is 34.8 Å². The highest BCUT2D eigenvalue weighted by atomic mass is 32.1. The first kappa shape index (κ1) is 17.9. The van der Waals surface area contributed by atoms with E-state index in [0.717, 1.165) is 40.3 Å². The number of piperidine rings is 1. The van der Waals surface area contributed by atoms with E-state index in [1.807, 2.05) is 30.0 Å². The number of amides is 2. The van der Waals surface area contributed by atoms with Gasteiger partial charge in [0.15, 0.2) is 0 Å². The van der Waals surface area contributed by atoms with Gasteiger partial charge in [0, 0.05) is 31.1 Å². The molecule has 1 saturated heterocycles. The molecule has 2 amide bonds. The van der Waals surface area contributed by atoms with Gasteiger partial charge >= 0.3 is 0 Å². The van der Waals surface area contributed by atoms with Crippen molar-refractivity contribution in [3.8, 4) is 0 Å². The molecule has 0 radical (unpaired) electrons. The van der Waals surface area contributed by atoms with Gasteiger partial charge in [-0.3, -0.25) is 9.59 Å². The Kier molecular flexibility index (Phi) is 5.37. The Balaban J connectivity index is 1.69. The third-order valence-corrected chi connectivity index (χ3v) is 5.93. The standard InChI is InChI=1S/C19H25N3O2S/c1-4-17(23)22-9-5-6-13(11-22)18(24)20-14-7-8-15-16(10-14)25-19(21-15)12(2)3/h7-8,10,12-13H,4-6,9,11H2,1-3H3,(H,20,24). The van der Waals surface area contributed by atoms with Crippen molar-refractivity contribution >= 4 is 39.1 Å². The first-order valence-corrected chi connectivity index (χ1v) is 9.78. The maximum Gasteiger partial charge on any atom is 0.229 e. The van der Waals surface area contributed by atoms with Gasteiger partial charge in [0.25, 0.3) is 0 Å². The molecule has 6 heteroatoms. The average Bonchev–Trinajstić information content (AvgIpc) is 3.04. The predicted octanol–water partition coefficient (Wildman–Crippen LogP) is 4.01. The summed E-state index contributed by atoms with van der Waals surface area (Å²) >= 11 is 1.67. The molecule has 1 unspecified atom stereocenters. The third-order valence-electron chi connectivity index (χ3n) is 4.61. The third kappa shape index (κ3) is 4.00. The van der Waals surface area contributed by atoms with Crippen molar-refractivity contribution in [1.82, 2.24) is 9.88 Å². The largest absolute Gasteiger partial charge is 0.342 e. The number of thiazole rings is 1. The van der Waals surface area contributed by atoms with Crippen LogP contribution in [0, 0.1) is 5.92 Å². The van der Waals surface area contributed by atoms with Gasteiger partial charge in [0.05, 0.1) is 21.1 Å². The molecule has 0 bridgehead atoms. The summed E-state index contributed by atoms with van der Waals surface area (Å²) in [4.78, 5) is 30.9. The van der Waals surface area contributed by atoms with Gasteiger partial charge in [-0.1, -0.05) is 20.8 Å². The molecule has 1 aromatic heterocycles. The van der Waals surface area contributed by atoms with Gasteiger partial charge < -0.3 is 10.2 Å². The number of nitrogens with zero attached hydrogens (tertiary/aromatic N) is 2. The zero-order valence-electron chi connectivity index (χ0n) is 15.0. The number of hydrogen-bond acceptors (Lipinski definition) is 4. The molecule has 0 aliphatic carbocycles. The van der Waals surface area contributed by atoms with E-state index in [2.05, 4.69) is 24.1 Å². The Morgan fingerprint density at radius 3 is 2.92 bits per heavy atom. The number of carbonyl (C=O) groups excluding carboxylic acids is 2. The van der Waals surface area contributed by atoms with Crippen molar-refractivity contribution in [1.29, 1.82) is 0 Å². The molecule has 1 atom stereocenters. The lowest BCUT2D eigenvalue weighted by Gasteiger charge is -2.31. The molecule has 1 N–H and O–H groups in total. The summed E-state index contributed by atoms with van der Waals surface area (Å²) in [6.07, 6.45) is 2.21. The number of nitrogens with one attached hydrogen (secondary N) is 1. The molecule has 5 nitrogen and oxygen atoms in total. The number of rotatable bonds is 4. The Morgan fingerprint density at radius 1 is 1.40 bits per heavy atom. The molecule has 25 heavy (non-hydrogen) atoms. The average molecular weight is 359 g/mol. The van der Waals surface area contributed by atoms with Gasteiger partial charge in [-0.2, -0.15) is 0 Å². The molecule has 2 aromatic rings. The Hall–Kier alpha value is -1.95. The highest BCUT2D eigenvalue weighted by Gasteiger charge is 2.27. The molecular weight excluding hydrogens is 334 g/mol. The highest BCUT2D eigenvalue weighted by molar-refractivity contribution is 7.18. The molecule has 1 aliphatic heterocycles. The van der Waals surface area contributed by atoms with Gasteiger partial charge in [0.2, 0.25) is 11.8 Å². The van der Waals surface area contributed by atoms with Crippen molar-refractivity contribution in [2.45, 2.75) is 46.0 Å². The van der Waals surface area contributed by atoms with Crippen LogP contribution in [0.25, 0.3) is 10.2 Å². The Bertz CT molecular complexity index is 784. The van der Waals surface area contributed by atoms with E-state index in [9.17, 15) is 9.59 Å². The van der Waals surface area contributed by atoms with Crippen molar-refractivity contribution in [3.05, 3.63) is 23.2 Å². The topological polar surface area (TPSA) is 62.3 Å². The first-order valence-electron chi connectivity index (χ1n) is 8.97. The van der Waals surface area contributed by atoms with Crippen LogP contribution < -0.4 is 5.32 Å². The smallest absolute Gasteiger partial charge is 0.229 e. The van der Waals surface area contributed by atoms with Crippen LogP contribution in [0.2, 0.25) is 0 Å². The van der Waals surface area contributed by atoms with Crippen LogP contribution >= 0.6 is 11.3 Å². The molecular formula is C19H25N3O2S. The van der Waals surface area contributed by atoms with Crippen LogP contribution in [-0.2, 0) is 9.59 Å². The minimum absolute atomic E-state index is 0.00144. The lowest BCUT2D eigenvalue weighted by molar-refractivity contribution is -0.134. The van der Waals surface area contributed by atoms with Crippen molar-refractivity contribution in [2.24, 2.45) is 5.92 Å². The zero-order valence-corrected chi connectivity index (χ0v) is 15.9. The summed E-state index contributed by atoms with van der Waals surface area (Å²) in [6.45, 7) is 7.42. The second-order valence-electron chi connectivity index (χ2n) is 6.91. The minimum Gasteiger partial charge on any atom is -0.342 e. The van der Waals surface area contributed by atoms with Gasteiger partial charge in [-0.05, 0) is 31.0 Å². The fourth-order valence-corrected chi connectivity index (χ4v) is 4.16. The van der Waals surface area contributed by atoms with Crippen LogP contribution in [0.1, 0.15) is 51.0 Å². The molecule has 0 saturated carbocycles. The number of aromatic nitrogens is 1. The Labute approximate surface area is 152 Å². The number of likely N-dealkylation sites (tertiary alicyclic amines) is 1. The van der Waals surface area contributed by atoms with Crippen molar-refractivity contribution < 1.29 is 9.59 Å². The normalized spacial score (nSPS) is 17.9. The number of hydrogen-bond donors (Lipinski definition) is 1. The van der Waals surface area contributed by atoms with Gasteiger partial charge in [-0.15, -0.1) is 11.3 Å². The molecule has 2 heterocycles. The number of benzene rings is 1. The fraction of sp³-hybridized carbons (Fsp3) is 0.526. The van der Waals surface area contributed by atoms with E-state index in [1.54, 1.807) is 11.3 Å². The molecule has 1 aromatic carbocycles. The summed E-state index contributed by atoms with van der Waals surface area (Å²) in [5.74, 6) is 0.402. The van der Waals surface area contributed by atoms with Crippen molar-refractivity contribution in [3.63, 3.8) is 0 Å². The van der Waals surface area contributed by atoms with Crippen LogP contribution in [0.3, 0.4) is 0 Å². The summed E-state index contributed by atoms with van der Waals surface area (Å²) in [5.41, 5.74) is 1.78. The minimum atomic E-state index is -0.132. The van der Waals surface area contributed by atoms with E-state index < -0.39 is 0 Å². The zero-order chi connectivity index (χ0) is 18.0. The maximum atomic E-state index is 12.6. The lowest BCUT2D eigenvalue weighted by atomic mass is 9.96. The van der Waals surface area contributed by atoms with Gasteiger partial charge in [0.1, 0.15) is 0 Å². The predicted molar refractivity (Wildman–Crippen MR) is 102 cm³/mol. The molecule has 1 aliphatic rings. The maximum absolute atomic E-state index is 12.6. The fourth-order valence-electron chi connectivity index (χ4n) is 3.15. The van der Waals surface area contributed by atoms with E-state index >= 15 is 0 Å².